The molecule has 0 saturated carbocycles. The van der Waals surface area contributed by atoms with Crippen LogP contribution in [0.3, 0.4) is 0 Å². The first-order valence-electron chi connectivity index (χ1n) is 7.05. The molecule has 2 aromatic carbocycles. The van der Waals surface area contributed by atoms with Gasteiger partial charge in [0.1, 0.15) is 5.75 Å². The number of nitrogens with zero attached hydrogens (tertiary/aromatic N) is 2. The first kappa shape index (κ1) is 18.6. The Morgan fingerprint density at radius 1 is 1.40 bits per heavy atom. The molecule has 130 valence electrons. The number of hydrogen-bond acceptors (Lipinski definition) is 6. The van der Waals surface area contributed by atoms with Crippen molar-refractivity contribution in [1.82, 2.24) is 5.43 Å². The molecule has 0 radical (unpaired) electrons. The Morgan fingerprint density at radius 2 is 2.16 bits per heavy atom. The van der Waals surface area contributed by atoms with Crippen molar-refractivity contribution in [3.8, 4) is 11.5 Å². The van der Waals surface area contributed by atoms with Gasteiger partial charge in [0.15, 0.2) is 12.4 Å². The zero-order valence-corrected chi connectivity index (χ0v) is 15.3. The highest BCUT2D eigenvalue weighted by molar-refractivity contribution is 14.1. The van der Waals surface area contributed by atoms with E-state index in [0.29, 0.717) is 11.1 Å². The van der Waals surface area contributed by atoms with E-state index in [9.17, 15) is 20.0 Å². The van der Waals surface area contributed by atoms with Gasteiger partial charge in [-0.05, 0) is 59.3 Å². The second-order valence-electron chi connectivity index (χ2n) is 5.01. The van der Waals surface area contributed by atoms with Crippen LogP contribution in [0, 0.1) is 20.6 Å². The average Bonchev–Trinajstić information content (AvgIpc) is 2.56. The van der Waals surface area contributed by atoms with Gasteiger partial charge in [0, 0.05) is 15.2 Å². The highest BCUT2D eigenvalue weighted by atomic mass is 127. The zero-order valence-electron chi connectivity index (χ0n) is 13.1. The Kier molecular flexibility index (Phi) is 6.28. The minimum Gasteiger partial charge on any atom is -0.507 e. The van der Waals surface area contributed by atoms with E-state index >= 15 is 0 Å². The summed E-state index contributed by atoms with van der Waals surface area (Å²) in [5.41, 5.74) is 3.18. The topological polar surface area (TPSA) is 114 Å². The highest BCUT2D eigenvalue weighted by Gasteiger charge is 2.16. The van der Waals surface area contributed by atoms with Crippen molar-refractivity contribution in [2.24, 2.45) is 5.10 Å². The summed E-state index contributed by atoms with van der Waals surface area (Å²) in [5.74, 6) is -0.550. The van der Waals surface area contributed by atoms with Crippen LogP contribution in [0.1, 0.15) is 11.1 Å². The number of ether oxygens (including phenoxy) is 1. The van der Waals surface area contributed by atoms with Crippen LogP contribution < -0.4 is 10.2 Å². The third kappa shape index (κ3) is 5.41. The van der Waals surface area contributed by atoms with Crippen molar-refractivity contribution in [2.75, 3.05) is 6.61 Å². The zero-order chi connectivity index (χ0) is 18.4. The maximum atomic E-state index is 11.7. The molecule has 0 spiro atoms. The molecule has 2 N–H and O–H groups in total. The summed E-state index contributed by atoms with van der Waals surface area (Å²) in [7, 11) is 0. The van der Waals surface area contributed by atoms with Gasteiger partial charge in [-0.3, -0.25) is 14.9 Å². The number of halogens is 1. The smallest absolute Gasteiger partial charge is 0.311 e. The molecule has 1 amide bonds. The minimum atomic E-state index is -0.587. The van der Waals surface area contributed by atoms with E-state index < -0.39 is 17.4 Å². The van der Waals surface area contributed by atoms with Gasteiger partial charge in [-0.15, -0.1) is 0 Å². The Labute approximate surface area is 156 Å². The van der Waals surface area contributed by atoms with Gasteiger partial charge in [0.2, 0.25) is 0 Å². The molecule has 2 aromatic rings. The molecule has 9 heteroatoms. The van der Waals surface area contributed by atoms with Gasteiger partial charge in [-0.25, -0.2) is 5.43 Å². The molecule has 0 heterocycles. The lowest BCUT2D eigenvalue weighted by Crippen LogP contribution is -2.24. The lowest BCUT2D eigenvalue weighted by atomic mass is 10.2. The van der Waals surface area contributed by atoms with Crippen molar-refractivity contribution >= 4 is 40.4 Å². The normalized spacial score (nSPS) is 10.6. The van der Waals surface area contributed by atoms with Crippen LogP contribution >= 0.6 is 22.6 Å². The van der Waals surface area contributed by atoms with E-state index in [1.165, 1.54) is 24.4 Å². The van der Waals surface area contributed by atoms with Gasteiger partial charge in [-0.2, -0.15) is 5.10 Å². The number of phenolic OH excluding ortho intramolecular Hbond substituents is 1. The predicted molar refractivity (Wildman–Crippen MR) is 99.9 cm³/mol. The predicted octanol–water partition coefficient (Wildman–Crippen LogP) is 2.74. The van der Waals surface area contributed by atoms with Crippen molar-refractivity contribution in [3.63, 3.8) is 0 Å². The SMILES string of the molecule is Cc1ccc(OCC(=O)N/N=C\c2cc(I)ccc2O)c([N+](=O)[O-])c1. The molecule has 2 rings (SSSR count). The van der Waals surface area contributed by atoms with Crippen LogP contribution in [-0.2, 0) is 4.79 Å². The number of phenols is 1. The monoisotopic (exact) mass is 455 g/mol. The molecule has 0 aliphatic rings. The van der Waals surface area contributed by atoms with E-state index in [-0.39, 0.29) is 17.2 Å². The minimum absolute atomic E-state index is 0.00462. The summed E-state index contributed by atoms with van der Waals surface area (Å²) in [5, 5.41) is 24.4. The van der Waals surface area contributed by atoms with Gasteiger partial charge in [-0.1, -0.05) is 6.07 Å². The summed E-state index contributed by atoms with van der Waals surface area (Å²) < 4.78 is 6.08. The summed E-state index contributed by atoms with van der Waals surface area (Å²) in [6.45, 7) is 1.29. The van der Waals surface area contributed by atoms with E-state index in [2.05, 4.69) is 33.1 Å². The Bertz CT molecular complexity index is 839. The van der Waals surface area contributed by atoms with Gasteiger partial charge < -0.3 is 9.84 Å². The largest absolute Gasteiger partial charge is 0.507 e. The van der Waals surface area contributed by atoms with Crippen LogP contribution in [0.4, 0.5) is 5.69 Å². The van der Waals surface area contributed by atoms with Crippen LogP contribution in [-0.4, -0.2) is 28.8 Å². The summed E-state index contributed by atoms with van der Waals surface area (Å²) in [6.07, 6.45) is 1.30. The first-order valence-corrected chi connectivity index (χ1v) is 8.13. The second-order valence-corrected chi connectivity index (χ2v) is 6.26. The molecule has 8 nitrogen and oxygen atoms in total. The fraction of sp³-hybridized carbons (Fsp3) is 0.125. The summed E-state index contributed by atoms with van der Waals surface area (Å²) in [6, 6.07) is 9.40. The maximum Gasteiger partial charge on any atom is 0.311 e. The fourth-order valence-corrected chi connectivity index (χ4v) is 2.39. The third-order valence-corrected chi connectivity index (χ3v) is 3.72. The highest BCUT2D eigenvalue weighted by Crippen LogP contribution is 2.27. The van der Waals surface area contributed by atoms with Crippen molar-refractivity contribution in [2.45, 2.75) is 6.92 Å². The van der Waals surface area contributed by atoms with Gasteiger partial charge in [0.25, 0.3) is 5.91 Å². The number of amides is 1. The molecule has 0 atom stereocenters. The molecule has 0 aliphatic carbocycles. The molecule has 0 saturated heterocycles. The van der Waals surface area contributed by atoms with E-state index in [4.69, 9.17) is 4.74 Å². The average molecular weight is 455 g/mol. The number of nitro groups is 1. The van der Waals surface area contributed by atoms with Gasteiger partial charge in [0.05, 0.1) is 11.1 Å². The number of nitrogens with one attached hydrogen (secondary N) is 1. The number of carbonyl (C=O) groups is 1. The van der Waals surface area contributed by atoms with Crippen molar-refractivity contribution < 1.29 is 19.6 Å². The molecule has 25 heavy (non-hydrogen) atoms. The molecule has 0 bridgehead atoms. The molecule has 0 unspecified atom stereocenters. The number of rotatable bonds is 6. The third-order valence-electron chi connectivity index (χ3n) is 3.05. The van der Waals surface area contributed by atoms with E-state index in [1.54, 1.807) is 25.1 Å². The maximum absolute atomic E-state index is 11.7. The number of aromatic hydroxyl groups is 1. The first-order chi connectivity index (χ1) is 11.9. The molecule has 0 aliphatic heterocycles. The number of nitro benzene ring substituents is 1. The molecular formula is C16H14IN3O5. The lowest BCUT2D eigenvalue weighted by Gasteiger charge is -2.06. The fourth-order valence-electron chi connectivity index (χ4n) is 1.87. The Balaban J connectivity index is 1.94. The lowest BCUT2D eigenvalue weighted by molar-refractivity contribution is -0.385. The Morgan fingerprint density at radius 3 is 2.88 bits per heavy atom. The van der Waals surface area contributed by atoms with Crippen LogP contribution in [0.25, 0.3) is 0 Å². The number of benzene rings is 2. The second kappa shape index (κ2) is 8.42. The molecule has 0 fully saturated rings. The van der Waals surface area contributed by atoms with E-state index in [1.807, 2.05) is 0 Å². The van der Waals surface area contributed by atoms with E-state index in [0.717, 1.165) is 3.57 Å². The van der Waals surface area contributed by atoms with Crippen LogP contribution in [0.15, 0.2) is 41.5 Å². The number of aryl methyl sites for hydroxylation is 1. The van der Waals surface area contributed by atoms with Crippen LogP contribution in [0.2, 0.25) is 0 Å². The Hall–Kier alpha value is -2.69. The van der Waals surface area contributed by atoms with Crippen LogP contribution in [0.5, 0.6) is 11.5 Å². The number of carbonyl (C=O) groups excluding carboxylic acids is 1. The number of hydrogen-bond donors (Lipinski definition) is 2. The summed E-state index contributed by atoms with van der Waals surface area (Å²) in [4.78, 5) is 22.1. The van der Waals surface area contributed by atoms with Crippen molar-refractivity contribution in [1.29, 1.82) is 0 Å². The number of hydrazone groups is 1. The van der Waals surface area contributed by atoms with Crippen molar-refractivity contribution in [3.05, 3.63) is 61.2 Å². The summed E-state index contributed by atoms with van der Waals surface area (Å²) >= 11 is 2.08. The standard InChI is InChI=1S/C16H14IN3O5/c1-10-2-5-15(13(6-10)20(23)24)25-9-16(22)19-18-8-11-7-12(17)3-4-14(11)21/h2-8,21H,9H2,1H3,(H,19,22)/b18-8-. The molecular weight excluding hydrogens is 441 g/mol. The van der Waals surface area contributed by atoms with Gasteiger partial charge >= 0.3 is 5.69 Å². The quantitative estimate of drug-likeness (QED) is 0.301. The molecule has 0 aromatic heterocycles.